The number of aromatic amines is 1. The van der Waals surface area contributed by atoms with E-state index in [4.69, 9.17) is 9.84 Å². The molecule has 2 heterocycles. The number of H-pyrrole nitrogens is 1. The quantitative estimate of drug-likeness (QED) is 0.584. The van der Waals surface area contributed by atoms with Gasteiger partial charge in [-0.05, 0) is 0 Å². The highest BCUT2D eigenvalue weighted by atomic mass is 16.5. The van der Waals surface area contributed by atoms with Crippen LogP contribution >= 0.6 is 0 Å². The highest BCUT2D eigenvalue weighted by Crippen LogP contribution is 2.31. The van der Waals surface area contributed by atoms with Crippen LogP contribution in [0.5, 0.6) is 0 Å². The second-order valence-corrected chi connectivity index (χ2v) is 3.16. The topological polar surface area (TPSA) is 78.4 Å². The third-order valence-corrected chi connectivity index (χ3v) is 2.27. The first-order valence-corrected chi connectivity index (χ1v) is 4.24. The van der Waals surface area contributed by atoms with E-state index in [9.17, 15) is 5.11 Å². The summed E-state index contributed by atoms with van der Waals surface area (Å²) in [6.07, 6.45) is 2.52. The molecule has 5 nitrogen and oxygen atoms in total. The molecule has 1 aromatic rings. The second-order valence-electron chi connectivity index (χ2n) is 3.16. The Hall–Kier alpha value is -0.910. The molecule has 0 spiro atoms. The normalized spacial score (nSPS) is 33.8. The van der Waals surface area contributed by atoms with Crippen molar-refractivity contribution in [2.24, 2.45) is 0 Å². The number of nitrogens with zero attached hydrogens (tertiary/aromatic N) is 1. The standard InChI is InChI=1S/C8H12N2O3/c11-3-8-6(12)1-7(13-8)5-2-9-4-10-5/h2,4,6-8,11-12H,1,3H2,(H,9,10)/t6-,7+,8+/m0/s1. The Morgan fingerprint density at radius 3 is 3.08 bits per heavy atom. The van der Waals surface area contributed by atoms with Crippen molar-refractivity contribution in [1.29, 1.82) is 0 Å². The molecule has 2 rings (SSSR count). The van der Waals surface area contributed by atoms with E-state index in [1.165, 1.54) is 0 Å². The second kappa shape index (κ2) is 3.45. The lowest BCUT2D eigenvalue weighted by atomic mass is 10.1. The highest BCUT2D eigenvalue weighted by Gasteiger charge is 2.34. The lowest BCUT2D eigenvalue weighted by Gasteiger charge is -2.10. The average molecular weight is 184 g/mol. The third kappa shape index (κ3) is 1.58. The molecule has 0 saturated carbocycles. The number of nitrogens with one attached hydrogen (secondary N) is 1. The summed E-state index contributed by atoms with van der Waals surface area (Å²) < 4.78 is 5.40. The Morgan fingerprint density at radius 1 is 1.69 bits per heavy atom. The van der Waals surface area contributed by atoms with Gasteiger partial charge in [-0.2, -0.15) is 0 Å². The van der Waals surface area contributed by atoms with Crippen molar-refractivity contribution >= 4 is 0 Å². The smallest absolute Gasteiger partial charge is 0.107 e. The van der Waals surface area contributed by atoms with E-state index in [1.54, 1.807) is 12.5 Å². The molecule has 1 aromatic heterocycles. The van der Waals surface area contributed by atoms with E-state index < -0.39 is 12.2 Å². The van der Waals surface area contributed by atoms with Gasteiger partial charge in [0, 0.05) is 6.42 Å². The SMILES string of the molecule is OC[C@H]1O[C@@H](c2cnc[nH]2)C[C@@H]1O. The van der Waals surface area contributed by atoms with Gasteiger partial charge in [-0.15, -0.1) is 0 Å². The molecule has 0 aromatic carbocycles. The van der Waals surface area contributed by atoms with Crippen LogP contribution in [0.4, 0.5) is 0 Å². The summed E-state index contributed by atoms with van der Waals surface area (Å²) >= 11 is 0. The minimum atomic E-state index is -0.585. The Balaban J connectivity index is 2.05. The zero-order valence-electron chi connectivity index (χ0n) is 7.05. The first kappa shape index (κ1) is 8.68. The number of imidazole rings is 1. The van der Waals surface area contributed by atoms with Crippen LogP contribution in [0, 0.1) is 0 Å². The fourth-order valence-electron chi connectivity index (χ4n) is 1.54. The van der Waals surface area contributed by atoms with Crippen LogP contribution in [0.15, 0.2) is 12.5 Å². The number of rotatable bonds is 2. The summed E-state index contributed by atoms with van der Waals surface area (Å²) in [4.78, 5) is 6.78. The molecule has 5 heteroatoms. The van der Waals surface area contributed by atoms with E-state index >= 15 is 0 Å². The van der Waals surface area contributed by atoms with Crippen molar-refractivity contribution in [1.82, 2.24) is 9.97 Å². The molecule has 0 aliphatic carbocycles. The summed E-state index contributed by atoms with van der Waals surface area (Å²) in [5, 5.41) is 18.3. The Kier molecular flexibility index (Phi) is 2.30. The lowest BCUT2D eigenvalue weighted by molar-refractivity contribution is -0.0234. The maximum Gasteiger partial charge on any atom is 0.107 e. The molecule has 1 fully saturated rings. The molecular formula is C8H12N2O3. The number of ether oxygens (including phenoxy) is 1. The van der Waals surface area contributed by atoms with Crippen LogP contribution in [-0.4, -0.2) is 39.0 Å². The van der Waals surface area contributed by atoms with Gasteiger partial charge in [-0.3, -0.25) is 0 Å². The van der Waals surface area contributed by atoms with Gasteiger partial charge < -0.3 is 19.9 Å². The number of aliphatic hydroxyl groups is 2. The predicted molar refractivity (Wildman–Crippen MR) is 43.9 cm³/mol. The number of aromatic nitrogens is 2. The van der Waals surface area contributed by atoms with E-state index in [0.717, 1.165) is 5.69 Å². The molecule has 13 heavy (non-hydrogen) atoms. The van der Waals surface area contributed by atoms with Gasteiger partial charge in [0.25, 0.3) is 0 Å². The van der Waals surface area contributed by atoms with Crippen molar-refractivity contribution in [3.63, 3.8) is 0 Å². The third-order valence-electron chi connectivity index (χ3n) is 2.27. The molecule has 3 atom stereocenters. The number of hydrogen-bond donors (Lipinski definition) is 3. The fraction of sp³-hybridized carbons (Fsp3) is 0.625. The van der Waals surface area contributed by atoms with Gasteiger partial charge in [-0.25, -0.2) is 4.98 Å². The van der Waals surface area contributed by atoms with Gasteiger partial charge in [0.05, 0.1) is 30.9 Å². The summed E-state index contributed by atoms with van der Waals surface area (Å²) in [6, 6.07) is 0. The summed E-state index contributed by atoms with van der Waals surface area (Å²) in [6.45, 7) is -0.147. The van der Waals surface area contributed by atoms with Crippen molar-refractivity contribution < 1.29 is 14.9 Å². The van der Waals surface area contributed by atoms with Gasteiger partial charge >= 0.3 is 0 Å². The molecule has 0 amide bonds. The van der Waals surface area contributed by atoms with Gasteiger partial charge in [-0.1, -0.05) is 0 Å². The number of hydrogen-bond acceptors (Lipinski definition) is 4. The minimum absolute atomic E-state index is 0.147. The van der Waals surface area contributed by atoms with E-state index in [2.05, 4.69) is 9.97 Å². The largest absolute Gasteiger partial charge is 0.394 e. The molecule has 1 aliphatic rings. The van der Waals surface area contributed by atoms with Crippen LogP contribution in [0.25, 0.3) is 0 Å². The van der Waals surface area contributed by atoms with E-state index in [0.29, 0.717) is 6.42 Å². The molecular weight excluding hydrogens is 172 g/mol. The lowest BCUT2D eigenvalue weighted by Crippen LogP contribution is -2.24. The summed E-state index contributed by atoms with van der Waals surface area (Å²) in [7, 11) is 0. The molecule has 72 valence electrons. The van der Waals surface area contributed by atoms with Crippen LogP contribution < -0.4 is 0 Å². The maximum absolute atomic E-state index is 9.44. The van der Waals surface area contributed by atoms with Crippen LogP contribution in [-0.2, 0) is 4.74 Å². The van der Waals surface area contributed by atoms with E-state index in [-0.39, 0.29) is 12.7 Å². The molecule has 0 bridgehead atoms. The summed E-state index contributed by atoms with van der Waals surface area (Å²) in [5.41, 5.74) is 0.843. The zero-order valence-corrected chi connectivity index (χ0v) is 7.05. The van der Waals surface area contributed by atoms with Crippen molar-refractivity contribution in [2.45, 2.75) is 24.7 Å². The van der Waals surface area contributed by atoms with Crippen LogP contribution in [0.3, 0.4) is 0 Å². The zero-order chi connectivity index (χ0) is 9.26. The Labute approximate surface area is 75.4 Å². The fourth-order valence-corrected chi connectivity index (χ4v) is 1.54. The first-order chi connectivity index (χ1) is 6.31. The van der Waals surface area contributed by atoms with Crippen LogP contribution in [0.2, 0.25) is 0 Å². The number of aliphatic hydroxyl groups excluding tert-OH is 2. The van der Waals surface area contributed by atoms with Gasteiger partial charge in [0.15, 0.2) is 0 Å². The molecule has 1 saturated heterocycles. The predicted octanol–water partition coefficient (Wildman–Crippen LogP) is -0.407. The Bertz CT molecular complexity index is 262. The van der Waals surface area contributed by atoms with Gasteiger partial charge in [0.1, 0.15) is 12.2 Å². The van der Waals surface area contributed by atoms with Crippen molar-refractivity contribution in [3.05, 3.63) is 18.2 Å². The van der Waals surface area contributed by atoms with Crippen LogP contribution in [0.1, 0.15) is 18.2 Å². The molecule has 0 unspecified atom stereocenters. The summed E-state index contributed by atoms with van der Waals surface area (Å²) in [5.74, 6) is 0. The minimum Gasteiger partial charge on any atom is -0.394 e. The molecule has 3 N–H and O–H groups in total. The highest BCUT2D eigenvalue weighted by molar-refractivity contribution is 5.03. The monoisotopic (exact) mass is 184 g/mol. The Morgan fingerprint density at radius 2 is 2.54 bits per heavy atom. The maximum atomic E-state index is 9.44. The molecule has 1 aliphatic heterocycles. The van der Waals surface area contributed by atoms with Crippen molar-refractivity contribution in [3.8, 4) is 0 Å². The molecule has 0 radical (unpaired) electrons. The van der Waals surface area contributed by atoms with E-state index in [1.807, 2.05) is 0 Å². The van der Waals surface area contributed by atoms with Crippen molar-refractivity contribution in [2.75, 3.05) is 6.61 Å². The average Bonchev–Trinajstić information content (AvgIpc) is 2.71. The first-order valence-electron chi connectivity index (χ1n) is 4.24. The van der Waals surface area contributed by atoms with Gasteiger partial charge in [0.2, 0.25) is 0 Å².